The Hall–Kier alpha value is -1.01. The number of hydrogen-bond donors (Lipinski definition) is 3. The van der Waals surface area contributed by atoms with E-state index in [-0.39, 0.29) is 36.8 Å². The number of halogens is 3. The van der Waals surface area contributed by atoms with Gasteiger partial charge in [-0.1, -0.05) is 23.2 Å². The van der Waals surface area contributed by atoms with Crippen LogP contribution in [-0.2, 0) is 4.79 Å². The average molecular weight is 367 g/mol. The van der Waals surface area contributed by atoms with Crippen LogP contribution in [0.4, 0.5) is 0 Å². The smallest absolute Gasteiger partial charge is 0.251 e. The Morgan fingerprint density at radius 3 is 2.68 bits per heavy atom. The molecule has 0 saturated carbocycles. The minimum Gasteiger partial charge on any atom is -0.351 e. The summed E-state index contributed by atoms with van der Waals surface area (Å²) in [5.41, 5.74) is 0.372. The van der Waals surface area contributed by atoms with Crippen molar-refractivity contribution in [3.8, 4) is 0 Å². The van der Waals surface area contributed by atoms with Gasteiger partial charge in [-0.3, -0.25) is 9.59 Å². The molecule has 1 heterocycles. The second-order valence-corrected chi connectivity index (χ2v) is 5.74. The quantitative estimate of drug-likeness (QED) is 0.763. The summed E-state index contributed by atoms with van der Waals surface area (Å²) in [5, 5.41) is 9.35. The van der Waals surface area contributed by atoms with Gasteiger partial charge in [0.05, 0.1) is 16.6 Å². The van der Waals surface area contributed by atoms with Gasteiger partial charge in [0.15, 0.2) is 0 Å². The molecule has 1 aromatic rings. The molecule has 1 aliphatic rings. The zero-order chi connectivity index (χ0) is 15.2. The van der Waals surface area contributed by atoms with E-state index in [0.29, 0.717) is 15.6 Å². The number of amides is 2. The number of carbonyl (C=O) groups excluding carboxylic acids is 2. The van der Waals surface area contributed by atoms with Gasteiger partial charge in [0, 0.05) is 18.2 Å². The lowest BCUT2D eigenvalue weighted by Gasteiger charge is -2.23. The molecule has 0 aromatic heterocycles. The van der Waals surface area contributed by atoms with E-state index in [0.717, 1.165) is 25.9 Å². The highest BCUT2D eigenvalue weighted by atomic mass is 35.5. The third kappa shape index (κ3) is 5.65. The van der Waals surface area contributed by atoms with Crippen molar-refractivity contribution >= 4 is 47.4 Å². The molecule has 5 nitrogen and oxygen atoms in total. The number of piperidine rings is 1. The minimum atomic E-state index is -0.356. The highest BCUT2D eigenvalue weighted by Gasteiger charge is 2.16. The topological polar surface area (TPSA) is 70.2 Å². The molecule has 0 spiro atoms. The summed E-state index contributed by atoms with van der Waals surface area (Å²) in [6.45, 7) is 1.70. The van der Waals surface area contributed by atoms with E-state index < -0.39 is 0 Å². The Morgan fingerprint density at radius 1 is 1.27 bits per heavy atom. The Kier molecular flexibility index (Phi) is 7.96. The molecule has 8 heteroatoms. The van der Waals surface area contributed by atoms with E-state index >= 15 is 0 Å². The van der Waals surface area contributed by atoms with Gasteiger partial charge in [-0.05, 0) is 37.6 Å². The predicted molar refractivity (Wildman–Crippen MR) is 90.1 cm³/mol. The second-order valence-electron chi connectivity index (χ2n) is 4.92. The maximum Gasteiger partial charge on any atom is 0.251 e. The first-order chi connectivity index (χ1) is 10.1. The van der Waals surface area contributed by atoms with Crippen LogP contribution in [0.25, 0.3) is 0 Å². The van der Waals surface area contributed by atoms with Gasteiger partial charge in [0.2, 0.25) is 5.91 Å². The van der Waals surface area contributed by atoms with Crippen LogP contribution < -0.4 is 16.0 Å². The molecular weight excluding hydrogens is 349 g/mol. The summed E-state index contributed by atoms with van der Waals surface area (Å²) in [5.74, 6) is -0.553. The van der Waals surface area contributed by atoms with Crippen LogP contribution in [0.5, 0.6) is 0 Å². The van der Waals surface area contributed by atoms with Crippen molar-refractivity contribution in [2.24, 2.45) is 0 Å². The van der Waals surface area contributed by atoms with Crippen LogP contribution in [0.3, 0.4) is 0 Å². The lowest BCUT2D eigenvalue weighted by atomic mass is 10.1. The summed E-state index contributed by atoms with van der Waals surface area (Å²) >= 11 is 11.6. The number of benzene rings is 1. The van der Waals surface area contributed by atoms with Gasteiger partial charge >= 0.3 is 0 Å². The summed E-state index contributed by atoms with van der Waals surface area (Å²) < 4.78 is 0. The molecule has 1 fully saturated rings. The molecule has 0 radical (unpaired) electrons. The van der Waals surface area contributed by atoms with E-state index in [9.17, 15) is 9.59 Å². The fourth-order valence-electron chi connectivity index (χ4n) is 2.15. The van der Waals surface area contributed by atoms with Gasteiger partial charge in [-0.15, -0.1) is 12.4 Å². The highest BCUT2D eigenvalue weighted by Crippen LogP contribution is 2.22. The predicted octanol–water partition coefficient (Wildman–Crippen LogP) is 2.01. The Morgan fingerprint density at radius 2 is 2.05 bits per heavy atom. The third-order valence-electron chi connectivity index (χ3n) is 3.25. The van der Waals surface area contributed by atoms with Crippen LogP contribution >= 0.6 is 35.6 Å². The van der Waals surface area contributed by atoms with Crippen LogP contribution in [0.15, 0.2) is 18.2 Å². The molecule has 3 N–H and O–H groups in total. The lowest BCUT2D eigenvalue weighted by molar-refractivity contribution is -0.120. The van der Waals surface area contributed by atoms with Crippen molar-refractivity contribution in [2.45, 2.75) is 18.9 Å². The van der Waals surface area contributed by atoms with Crippen LogP contribution in [-0.4, -0.2) is 37.5 Å². The van der Waals surface area contributed by atoms with Gasteiger partial charge in [-0.2, -0.15) is 0 Å². The second kappa shape index (κ2) is 9.20. The number of carbonyl (C=O) groups is 2. The highest BCUT2D eigenvalue weighted by molar-refractivity contribution is 6.42. The first-order valence-corrected chi connectivity index (χ1v) is 7.55. The molecule has 22 heavy (non-hydrogen) atoms. The molecule has 1 aromatic carbocycles. The molecule has 0 bridgehead atoms. The third-order valence-corrected chi connectivity index (χ3v) is 3.99. The lowest BCUT2D eigenvalue weighted by Crippen LogP contribution is -2.48. The van der Waals surface area contributed by atoms with Crippen LogP contribution in [0.2, 0.25) is 10.0 Å². The largest absolute Gasteiger partial charge is 0.351 e. The average Bonchev–Trinajstić information content (AvgIpc) is 2.48. The number of hydrogen-bond acceptors (Lipinski definition) is 3. The van der Waals surface area contributed by atoms with Crippen molar-refractivity contribution in [2.75, 3.05) is 19.6 Å². The van der Waals surface area contributed by atoms with E-state index in [4.69, 9.17) is 23.2 Å². The Bertz CT molecular complexity index is 534. The zero-order valence-corrected chi connectivity index (χ0v) is 14.2. The van der Waals surface area contributed by atoms with Gasteiger partial charge in [0.25, 0.3) is 5.91 Å². The first kappa shape index (κ1) is 19.0. The van der Waals surface area contributed by atoms with Gasteiger partial charge in [0.1, 0.15) is 0 Å². The molecule has 0 unspecified atom stereocenters. The minimum absolute atomic E-state index is 0. The SMILES string of the molecule is Cl.O=C(CNC(=O)c1ccc(Cl)c(Cl)c1)N[C@H]1CCCNC1. The first-order valence-electron chi connectivity index (χ1n) is 6.79. The number of nitrogens with one attached hydrogen (secondary N) is 3. The van der Waals surface area contributed by atoms with Gasteiger partial charge < -0.3 is 16.0 Å². The molecule has 0 aliphatic carbocycles. The fraction of sp³-hybridized carbons (Fsp3) is 0.429. The normalized spacial score (nSPS) is 17.3. The van der Waals surface area contributed by atoms with Crippen molar-refractivity contribution in [1.82, 2.24) is 16.0 Å². The van der Waals surface area contributed by atoms with Crippen molar-refractivity contribution < 1.29 is 9.59 Å². The van der Waals surface area contributed by atoms with Crippen LogP contribution in [0, 0.1) is 0 Å². The summed E-state index contributed by atoms with van der Waals surface area (Å²) in [6.07, 6.45) is 2.00. The van der Waals surface area contributed by atoms with Gasteiger partial charge in [-0.25, -0.2) is 0 Å². The summed E-state index contributed by atoms with van der Waals surface area (Å²) in [7, 11) is 0. The maximum absolute atomic E-state index is 11.9. The number of rotatable bonds is 4. The van der Waals surface area contributed by atoms with Crippen LogP contribution in [0.1, 0.15) is 23.2 Å². The fourth-order valence-corrected chi connectivity index (χ4v) is 2.45. The standard InChI is InChI=1S/C14H17Cl2N3O2.ClH/c15-11-4-3-9(6-12(11)16)14(21)18-8-13(20)19-10-2-1-5-17-7-10;/h3-4,6,10,17H,1-2,5,7-8H2,(H,18,21)(H,19,20);1H/t10-;/m0./s1. The summed E-state index contributed by atoms with van der Waals surface area (Å²) in [6, 6.07) is 4.72. The molecular formula is C14H18Cl3N3O2. The van der Waals surface area contributed by atoms with Crippen molar-refractivity contribution in [1.29, 1.82) is 0 Å². The molecule has 2 amide bonds. The molecule has 1 aliphatic heterocycles. The zero-order valence-electron chi connectivity index (χ0n) is 11.8. The summed E-state index contributed by atoms with van der Waals surface area (Å²) in [4.78, 5) is 23.7. The van der Waals surface area contributed by atoms with E-state index in [1.165, 1.54) is 6.07 Å². The molecule has 1 saturated heterocycles. The molecule has 2 rings (SSSR count). The van der Waals surface area contributed by atoms with E-state index in [1.54, 1.807) is 12.1 Å². The molecule has 122 valence electrons. The maximum atomic E-state index is 11.9. The Balaban J connectivity index is 0.00000242. The van der Waals surface area contributed by atoms with E-state index in [1.807, 2.05) is 0 Å². The Labute approximate surface area is 145 Å². The van der Waals surface area contributed by atoms with E-state index in [2.05, 4.69) is 16.0 Å². The van der Waals surface area contributed by atoms with Crippen molar-refractivity contribution in [3.05, 3.63) is 33.8 Å². The van der Waals surface area contributed by atoms with Crippen molar-refractivity contribution in [3.63, 3.8) is 0 Å². The molecule has 1 atom stereocenters. The monoisotopic (exact) mass is 365 g/mol.